The second-order valence-electron chi connectivity index (χ2n) is 10.7. The Kier molecular flexibility index (Phi) is 4.44. The van der Waals surface area contributed by atoms with Gasteiger partial charge in [0.1, 0.15) is 6.10 Å². The third-order valence-electron chi connectivity index (χ3n) is 9.03. The molecule has 3 saturated heterocycles. The molecular formula is C25H34N2O3. The molecule has 5 aliphatic rings. The second kappa shape index (κ2) is 6.96. The van der Waals surface area contributed by atoms with Gasteiger partial charge in [0.15, 0.2) is 0 Å². The van der Waals surface area contributed by atoms with Crippen LogP contribution < -0.4 is 4.90 Å². The van der Waals surface area contributed by atoms with Crippen molar-refractivity contribution in [3.05, 3.63) is 30.3 Å². The summed E-state index contributed by atoms with van der Waals surface area (Å²) >= 11 is 0. The summed E-state index contributed by atoms with van der Waals surface area (Å²) in [6.07, 6.45) is 6.01. The van der Waals surface area contributed by atoms with E-state index in [0.29, 0.717) is 11.8 Å². The van der Waals surface area contributed by atoms with Gasteiger partial charge in [0.2, 0.25) is 0 Å². The third kappa shape index (κ3) is 3.08. The van der Waals surface area contributed by atoms with E-state index in [2.05, 4.69) is 47.1 Å². The molecule has 0 amide bonds. The number of carbonyl (C=O) groups is 1. The molecule has 162 valence electrons. The molecule has 1 spiro atoms. The standard InChI is InChI=1S/C25H34N2O3/c1-24-8-5-9-25(17-29-25)22(24)14-19-20(23(28)30-21(19)15-24)16-26-10-12-27(13-11-26)18-6-3-2-4-7-18/h2-4,6-7,19-22H,5,8-17H2,1H3/t19-,20+,21+,22+,24+,25-/m0/s1. The van der Waals surface area contributed by atoms with Crippen molar-refractivity contribution < 1.29 is 14.3 Å². The van der Waals surface area contributed by atoms with Gasteiger partial charge in [-0.1, -0.05) is 25.1 Å². The topological polar surface area (TPSA) is 45.3 Å². The van der Waals surface area contributed by atoms with Crippen LogP contribution >= 0.6 is 0 Å². The van der Waals surface area contributed by atoms with E-state index in [0.717, 1.165) is 52.2 Å². The molecule has 0 radical (unpaired) electrons. The zero-order valence-electron chi connectivity index (χ0n) is 18.1. The minimum Gasteiger partial charge on any atom is -0.462 e. The van der Waals surface area contributed by atoms with E-state index in [9.17, 15) is 4.79 Å². The van der Waals surface area contributed by atoms with Crippen LogP contribution in [0, 0.1) is 23.2 Å². The third-order valence-corrected chi connectivity index (χ3v) is 9.03. The number of anilines is 1. The summed E-state index contributed by atoms with van der Waals surface area (Å²) in [6, 6.07) is 10.7. The monoisotopic (exact) mass is 410 g/mol. The number of hydrogen-bond donors (Lipinski definition) is 0. The molecule has 1 aromatic carbocycles. The number of fused-ring (bicyclic) bond motifs is 3. The lowest BCUT2D eigenvalue weighted by Crippen LogP contribution is -2.52. The van der Waals surface area contributed by atoms with Gasteiger partial charge < -0.3 is 14.4 Å². The molecule has 2 aliphatic carbocycles. The number of piperazine rings is 1. The molecule has 5 nitrogen and oxygen atoms in total. The average Bonchev–Trinajstić information content (AvgIpc) is 3.46. The van der Waals surface area contributed by atoms with E-state index in [1.165, 1.54) is 24.9 Å². The number of esters is 1. The van der Waals surface area contributed by atoms with E-state index < -0.39 is 0 Å². The van der Waals surface area contributed by atoms with E-state index in [4.69, 9.17) is 9.47 Å². The average molecular weight is 411 g/mol. The van der Waals surface area contributed by atoms with E-state index >= 15 is 0 Å². The van der Waals surface area contributed by atoms with Gasteiger partial charge in [-0.25, -0.2) is 0 Å². The van der Waals surface area contributed by atoms with Gasteiger partial charge in [-0.15, -0.1) is 0 Å². The van der Waals surface area contributed by atoms with Crippen molar-refractivity contribution in [2.75, 3.05) is 44.2 Å². The fraction of sp³-hybridized carbons (Fsp3) is 0.720. The fourth-order valence-electron chi connectivity index (χ4n) is 7.27. The van der Waals surface area contributed by atoms with Gasteiger partial charge in [0, 0.05) is 44.3 Å². The maximum absolute atomic E-state index is 12.9. The van der Waals surface area contributed by atoms with Crippen molar-refractivity contribution in [2.45, 2.75) is 50.7 Å². The van der Waals surface area contributed by atoms with Crippen molar-refractivity contribution in [3.63, 3.8) is 0 Å². The lowest BCUT2D eigenvalue weighted by Gasteiger charge is -2.51. The van der Waals surface area contributed by atoms with Crippen LogP contribution in [0.2, 0.25) is 0 Å². The summed E-state index contributed by atoms with van der Waals surface area (Å²) in [7, 11) is 0. The van der Waals surface area contributed by atoms with Crippen molar-refractivity contribution in [2.24, 2.45) is 23.2 Å². The number of epoxide rings is 1. The first-order valence-electron chi connectivity index (χ1n) is 11.9. The van der Waals surface area contributed by atoms with Crippen LogP contribution in [0.15, 0.2) is 30.3 Å². The summed E-state index contributed by atoms with van der Waals surface area (Å²) in [5, 5.41) is 0. The maximum Gasteiger partial charge on any atom is 0.310 e. The van der Waals surface area contributed by atoms with Crippen LogP contribution in [0.5, 0.6) is 0 Å². The zero-order chi connectivity index (χ0) is 20.3. The quantitative estimate of drug-likeness (QED) is 0.565. The highest BCUT2D eigenvalue weighted by atomic mass is 16.6. The molecule has 3 aliphatic heterocycles. The Morgan fingerprint density at radius 3 is 2.60 bits per heavy atom. The molecule has 0 N–H and O–H groups in total. The van der Waals surface area contributed by atoms with Crippen LogP contribution in [0.1, 0.15) is 39.0 Å². The number of ether oxygens (including phenoxy) is 2. The molecule has 5 fully saturated rings. The first kappa shape index (κ1) is 19.1. The number of nitrogens with zero attached hydrogens (tertiary/aromatic N) is 2. The maximum atomic E-state index is 12.9. The lowest BCUT2D eigenvalue weighted by atomic mass is 9.53. The number of para-hydroxylation sites is 1. The first-order valence-corrected chi connectivity index (χ1v) is 11.9. The summed E-state index contributed by atoms with van der Waals surface area (Å²) in [4.78, 5) is 17.8. The van der Waals surface area contributed by atoms with Crippen molar-refractivity contribution in [1.29, 1.82) is 0 Å². The Morgan fingerprint density at radius 1 is 1.10 bits per heavy atom. The molecule has 0 unspecified atom stereocenters. The predicted molar refractivity (Wildman–Crippen MR) is 115 cm³/mol. The van der Waals surface area contributed by atoms with Crippen LogP contribution in [0.25, 0.3) is 0 Å². The molecule has 6 rings (SSSR count). The number of benzene rings is 1. The summed E-state index contributed by atoms with van der Waals surface area (Å²) < 4.78 is 12.0. The number of rotatable bonds is 3. The molecule has 30 heavy (non-hydrogen) atoms. The van der Waals surface area contributed by atoms with E-state index in [-0.39, 0.29) is 29.0 Å². The van der Waals surface area contributed by atoms with Crippen LogP contribution in [-0.2, 0) is 14.3 Å². The largest absolute Gasteiger partial charge is 0.462 e. The van der Waals surface area contributed by atoms with Gasteiger partial charge in [0.25, 0.3) is 0 Å². The molecule has 0 bridgehead atoms. The Morgan fingerprint density at radius 2 is 1.87 bits per heavy atom. The minimum absolute atomic E-state index is 0.0422. The smallest absolute Gasteiger partial charge is 0.310 e. The molecule has 6 atom stereocenters. The second-order valence-corrected chi connectivity index (χ2v) is 10.7. The minimum atomic E-state index is 0.0422. The van der Waals surface area contributed by atoms with Gasteiger partial charge in [-0.05, 0) is 55.6 Å². The molecule has 1 aromatic rings. The van der Waals surface area contributed by atoms with Gasteiger partial charge >= 0.3 is 5.97 Å². The molecule has 5 heteroatoms. The van der Waals surface area contributed by atoms with Crippen molar-refractivity contribution in [1.82, 2.24) is 4.90 Å². The zero-order valence-corrected chi connectivity index (χ0v) is 18.1. The molecule has 0 aromatic heterocycles. The Balaban J connectivity index is 1.12. The van der Waals surface area contributed by atoms with E-state index in [1.54, 1.807) is 0 Å². The molecular weight excluding hydrogens is 376 g/mol. The lowest BCUT2D eigenvalue weighted by molar-refractivity contribution is -0.147. The summed E-state index contributed by atoms with van der Waals surface area (Å²) in [5.41, 5.74) is 1.72. The Hall–Kier alpha value is -1.59. The SMILES string of the molecule is C[C@]12CCC[C@]3(CO3)[C@@H]1C[C@@H]1[C@@H](C2)OC(=O)[C@@H]1CN1CCN(c2ccccc2)CC1. The van der Waals surface area contributed by atoms with Crippen LogP contribution in [0.4, 0.5) is 5.69 Å². The summed E-state index contributed by atoms with van der Waals surface area (Å²) in [6.45, 7) is 8.31. The van der Waals surface area contributed by atoms with Gasteiger partial charge in [0.05, 0.1) is 18.1 Å². The van der Waals surface area contributed by atoms with Gasteiger partial charge in [-0.3, -0.25) is 9.69 Å². The highest BCUT2D eigenvalue weighted by Gasteiger charge is 2.65. The highest BCUT2D eigenvalue weighted by molar-refractivity contribution is 5.75. The fourth-order valence-corrected chi connectivity index (χ4v) is 7.27. The highest BCUT2D eigenvalue weighted by Crippen LogP contribution is 2.62. The van der Waals surface area contributed by atoms with Gasteiger partial charge in [-0.2, -0.15) is 0 Å². The normalized spacial score (nSPS) is 43.2. The molecule has 2 saturated carbocycles. The van der Waals surface area contributed by atoms with Crippen LogP contribution in [-0.4, -0.2) is 61.9 Å². The molecule has 3 heterocycles. The first-order chi connectivity index (χ1) is 14.6. The predicted octanol–water partition coefficient (Wildman–Crippen LogP) is 3.34. The number of hydrogen-bond acceptors (Lipinski definition) is 5. The van der Waals surface area contributed by atoms with Crippen LogP contribution in [0.3, 0.4) is 0 Å². The van der Waals surface area contributed by atoms with Crippen molar-refractivity contribution in [3.8, 4) is 0 Å². The van der Waals surface area contributed by atoms with E-state index in [1.807, 2.05) is 0 Å². The number of carbonyl (C=O) groups excluding carboxylic acids is 1. The Labute approximate surface area is 179 Å². The Bertz CT molecular complexity index is 802. The summed E-state index contributed by atoms with van der Waals surface area (Å²) in [5.74, 6) is 1.08. The van der Waals surface area contributed by atoms with Crippen molar-refractivity contribution >= 4 is 11.7 Å².